The predicted molar refractivity (Wildman–Crippen MR) is 89.4 cm³/mol. The van der Waals surface area contributed by atoms with E-state index in [0.717, 1.165) is 34.9 Å². The van der Waals surface area contributed by atoms with Crippen molar-refractivity contribution < 1.29 is 8.42 Å². The van der Waals surface area contributed by atoms with Crippen LogP contribution < -0.4 is 0 Å². The first-order chi connectivity index (χ1) is 10.4. The number of allylic oxidation sites excluding steroid dienone is 4. The van der Waals surface area contributed by atoms with E-state index in [1.807, 2.05) is 24.3 Å². The lowest BCUT2D eigenvalue weighted by atomic mass is 9.96. The lowest BCUT2D eigenvalue weighted by Crippen LogP contribution is -2.00. The zero-order valence-electron chi connectivity index (χ0n) is 12.0. The van der Waals surface area contributed by atoms with Gasteiger partial charge in [-0.1, -0.05) is 35.9 Å². The van der Waals surface area contributed by atoms with Crippen LogP contribution in [-0.4, -0.2) is 19.7 Å². The molecule has 22 heavy (non-hydrogen) atoms. The Hall–Kier alpha value is -1.91. The van der Waals surface area contributed by atoms with Crippen molar-refractivity contribution in [2.75, 3.05) is 6.26 Å². The van der Waals surface area contributed by atoms with Crippen LogP contribution in [0.2, 0.25) is 5.02 Å². The predicted octanol–water partition coefficient (Wildman–Crippen LogP) is 4.01. The van der Waals surface area contributed by atoms with E-state index in [1.165, 1.54) is 0 Å². The largest absolute Gasteiger partial charge is 0.244 e. The van der Waals surface area contributed by atoms with Crippen LogP contribution in [0.4, 0.5) is 0 Å². The highest BCUT2D eigenvalue weighted by molar-refractivity contribution is 7.90. The molecular weight excluding hydrogens is 318 g/mol. The van der Waals surface area contributed by atoms with Crippen LogP contribution in [0.15, 0.2) is 59.8 Å². The van der Waals surface area contributed by atoms with Gasteiger partial charge in [0, 0.05) is 23.0 Å². The third-order valence-corrected chi connectivity index (χ3v) is 4.77. The van der Waals surface area contributed by atoms with E-state index in [1.54, 1.807) is 18.3 Å². The van der Waals surface area contributed by atoms with Gasteiger partial charge in [0.1, 0.15) is 0 Å². The fourth-order valence-corrected chi connectivity index (χ4v) is 3.14. The van der Waals surface area contributed by atoms with Gasteiger partial charge in [0.2, 0.25) is 0 Å². The number of hydrogen-bond acceptors (Lipinski definition) is 3. The Kier molecular flexibility index (Phi) is 3.89. The van der Waals surface area contributed by atoms with Crippen LogP contribution in [0.5, 0.6) is 0 Å². The molecule has 112 valence electrons. The molecule has 0 fully saturated rings. The van der Waals surface area contributed by atoms with Crippen LogP contribution in [0.25, 0.3) is 11.1 Å². The van der Waals surface area contributed by atoms with E-state index in [2.05, 4.69) is 17.1 Å². The maximum absolute atomic E-state index is 11.5. The minimum atomic E-state index is -3.27. The fraction of sp³-hybridized carbons (Fsp3) is 0.118. The minimum absolute atomic E-state index is 0.0897. The van der Waals surface area contributed by atoms with Crippen molar-refractivity contribution in [3.05, 3.63) is 70.9 Å². The normalized spacial score (nSPS) is 14.6. The van der Waals surface area contributed by atoms with Crippen LogP contribution in [0.3, 0.4) is 0 Å². The van der Waals surface area contributed by atoms with Crippen molar-refractivity contribution >= 4 is 32.6 Å². The number of aromatic nitrogens is 1. The Labute approximate surface area is 134 Å². The Bertz CT molecular complexity index is 864. The van der Waals surface area contributed by atoms with E-state index in [4.69, 9.17) is 11.6 Å². The summed E-state index contributed by atoms with van der Waals surface area (Å²) in [5.74, 6) is 0. The molecule has 0 spiro atoms. The molecule has 3 nitrogen and oxygen atoms in total. The van der Waals surface area contributed by atoms with E-state index < -0.39 is 9.84 Å². The molecule has 0 unspecified atom stereocenters. The molecule has 2 aromatic rings. The zero-order valence-corrected chi connectivity index (χ0v) is 13.5. The molecule has 1 heterocycles. The second-order valence-electron chi connectivity index (χ2n) is 5.14. The maximum Gasteiger partial charge on any atom is 0.192 e. The summed E-state index contributed by atoms with van der Waals surface area (Å²) < 4.78 is 23.0. The van der Waals surface area contributed by atoms with Gasteiger partial charge in [0.05, 0.1) is 0 Å². The fourth-order valence-electron chi connectivity index (χ4n) is 2.45. The molecule has 0 atom stereocenters. The average molecular weight is 332 g/mol. The quantitative estimate of drug-likeness (QED) is 0.853. The Morgan fingerprint density at radius 3 is 2.09 bits per heavy atom. The Morgan fingerprint density at radius 1 is 0.955 bits per heavy atom. The van der Waals surface area contributed by atoms with Crippen molar-refractivity contribution in [3.8, 4) is 0 Å². The van der Waals surface area contributed by atoms with Crippen LogP contribution in [-0.2, 0) is 9.84 Å². The molecule has 0 saturated heterocycles. The van der Waals surface area contributed by atoms with Crippen molar-refractivity contribution in [2.24, 2.45) is 0 Å². The SMILES string of the molecule is CS(=O)(=O)c1ccc(C2=CCC=C2c2ccc(Cl)cc2)cn1. The summed E-state index contributed by atoms with van der Waals surface area (Å²) in [7, 11) is -3.27. The van der Waals surface area contributed by atoms with Gasteiger partial charge < -0.3 is 0 Å². The summed E-state index contributed by atoms with van der Waals surface area (Å²) in [5, 5.41) is 0.791. The maximum atomic E-state index is 11.5. The highest BCUT2D eigenvalue weighted by atomic mass is 35.5. The smallest absolute Gasteiger partial charge is 0.192 e. The highest BCUT2D eigenvalue weighted by Gasteiger charge is 2.16. The molecule has 5 heteroatoms. The van der Waals surface area contributed by atoms with E-state index in [-0.39, 0.29) is 5.03 Å². The van der Waals surface area contributed by atoms with Crippen LogP contribution >= 0.6 is 11.6 Å². The average Bonchev–Trinajstić information content (AvgIpc) is 2.97. The van der Waals surface area contributed by atoms with E-state index in [0.29, 0.717) is 5.02 Å². The van der Waals surface area contributed by atoms with Gasteiger partial charge >= 0.3 is 0 Å². The molecule has 3 rings (SSSR count). The molecule has 0 radical (unpaired) electrons. The molecule has 0 bridgehead atoms. The standard InChI is InChI=1S/C17H14ClNO2S/c1-22(20,21)17-10-7-13(11-19-17)16-4-2-3-15(16)12-5-8-14(18)9-6-12/h3-11H,2H2,1H3. The number of nitrogens with zero attached hydrogens (tertiary/aromatic N) is 1. The van der Waals surface area contributed by atoms with Gasteiger partial charge in [-0.25, -0.2) is 13.4 Å². The topological polar surface area (TPSA) is 47.0 Å². The van der Waals surface area contributed by atoms with Gasteiger partial charge in [-0.15, -0.1) is 0 Å². The van der Waals surface area contributed by atoms with Crippen LogP contribution in [0.1, 0.15) is 17.5 Å². The molecule has 1 aliphatic carbocycles. The lowest BCUT2D eigenvalue weighted by Gasteiger charge is -2.10. The van der Waals surface area contributed by atoms with Gasteiger partial charge in [-0.3, -0.25) is 0 Å². The Balaban J connectivity index is 1.95. The molecule has 1 aromatic heterocycles. The van der Waals surface area contributed by atoms with Gasteiger partial charge in [-0.2, -0.15) is 0 Å². The van der Waals surface area contributed by atoms with Crippen LogP contribution in [0, 0.1) is 0 Å². The van der Waals surface area contributed by atoms with Crippen molar-refractivity contribution in [1.29, 1.82) is 0 Å². The summed E-state index contributed by atoms with van der Waals surface area (Å²) in [6.45, 7) is 0. The molecule has 0 saturated carbocycles. The number of pyridine rings is 1. The molecule has 1 aromatic carbocycles. The van der Waals surface area contributed by atoms with Crippen molar-refractivity contribution in [1.82, 2.24) is 4.98 Å². The monoisotopic (exact) mass is 331 g/mol. The minimum Gasteiger partial charge on any atom is -0.244 e. The van der Waals surface area contributed by atoms with E-state index >= 15 is 0 Å². The first-order valence-corrected chi connectivity index (χ1v) is 9.05. The number of halogens is 1. The first kappa shape index (κ1) is 15.0. The summed E-state index contributed by atoms with van der Waals surface area (Å²) in [4.78, 5) is 4.06. The van der Waals surface area contributed by atoms with Crippen molar-refractivity contribution in [2.45, 2.75) is 11.4 Å². The second-order valence-corrected chi connectivity index (χ2v) is 7.53. The molecule has 0 amide bonds. The molecule has 1 aliphatic rings. The molecule has 0 N–H and O–H groups in total. The van der Waals surface area contributed by atoms with Gasteiger partial charge in [-0.05, 0) is 47.4 Å². The third kappa shape index (κ3) is 2.98. The molecule has 0 aliphatic heterocycles. The highest BCUT2D eigenvalue weighted by Crippen LogP contribution is 2.36. The summed E-state index contributed by atoms with van der Waals surface area (Å²) in [6, 6.07) is 11.0. The lowest BCUT2D eigenvalue weighted by molar-refractivity contribution is 0.598. The summed E-state index contributed by atoms with van der Waals surface area (Å²) >= 11 is 5.93. The summed E-state index contributed by atoms with van der Waals surface area (Å²) in [6.07, 6.45) is 7.87. The summed E-state index contributed by atoms with van der Waals surface area (Å²) in [5.41, 5.74) is 4.17. The zero-order chi connectivity index (χ0) is 15.7. The number of benzene rings is 1. The van der Waals surface area contributed by atoms with Gasteiger partial charge in [0.25, 0.3) is 0 Å². The molecular formula is C17H14ClNO2S. The second kappa shape index (κ2) is 5.71. The van der Waals surface area contributed by atoms with Gasteiger partial charge in [0.15, 0.2) is 14.9 Å². The van der Waals surface area contributed by atoms with Crippen molar-refractivity contribution in [3.63, 3.8) is 0 Å². The first-order valence-electron chi connectivity index (χ1n) is 6.78. The number of hydrogen-bond donors (Lipinski definition) is 0. The number of rotatable bonds is 3. The third-order valence-electron chi connectivity index (χ3n) is 3.52. The number of sulfone groups is 1. The van der Waals surface area contributed by atoms with E-state index in [9.17, 15) is 8.42 Å². The Morgan fingerprint density at radius 2 is 1.55 bits per heavy atom.